The number of carbonyl (C=O) groups excluding carboxylic acids is 1. The molecule has 6 heteroatoms. The number of nitrogens with zero attached hydrogens (tertiary/aromatic N) is 1. The van der Waals surface area contributed by atoms with E-state index in [2.05, 4.69) is 5.32 Å². The van der Waals surface area contributed by atoms with Crippen LogP contribution in [0.1, 0.15) is 25.7 Å². The normalized spacial score (nSPS) is 10.1. The van der Waals surface area contributed by atoms with Crippen molar-refractivity contribution in [1.29, 1.82) is 0 Å². The molecule has 1 aromatic rings. The van der Waals surface area contributed by atoms with Crippen LogP contribution in [0.4, 0.5) is 10.5 Å². The van der Waals surface area contributed by atoms with Crippen LogP contribution < -0.4 is 10.2 Å². The van der Waals surface area contributed by atoms with Gasteiger partial charge in [-0.3, -0.25) is 9.69 Å². The molecule has 2 amide bonds. The fourth-order valence-electron chi connectivity index (χ4n) is 1.69. The summed E-state index contributed by atoms with van der Waals surface area (Å²) in [6.45, 7) is 0.515. The van der Waals surface area contributed by atoms with Gasteiger partial charge in [0.15, 0.2) is 0 Å². The number of aromatic hydroxyl groups is 1. The van der Waals surface area contributed by atoms with Gasteiger partial charge in [-0.15, -0.1) is 0 Å². The topological polar surface area (TPSA) is 89.9 Å². The molecule has 6 nitrogen and oxygen atoms in total. The lowest BCUT2D eigenvalue weighted by molar-refractivity contribution is -0.137. The number of carbonyl (C=O) groups is 2. The summed E-state index contributed by atoms with van der Waals surface area (Å²) in [6, 6.07) is 6.12. The van der Waals surface area contributed by atoms with E-state index in [9.17, 15) is 14.7 Å². The van der Waals surface area contributed by atoms with E-state index in [4.69, 9.17) is 5.11 Å². The van der Waals surface area contributed by atoms with E-state index in [1.54, 1.807) is 19.2 Å². The quantitative estimate of drug-likeness (QED) is 0.668. The number of benzene rings is 1. The lowest BCUT2D eigenvalue weighted by Gasteiger charge is -2.18. The van der Waals surface area contributed by atoms with Gasteiger partial charge in [0.1, 0.15) is 5.75 Å². The third-order valence-corrected chi connectivity index (χ3v) is 2.89. The van der Waals surface area contributed by atoms with Crippen LogP contribution in [0.15, 0.2) is 24.3 Å². The molecule has 0 spiro atoms. The van der Waals surface area contributed by atoms with Crippen molar-refractivity contribution >= 4 is 17.7 Å². The van der Waals surface area contributed by atoms with E-state index in [1.807, 2.05) is 0 Å². The zero-order valence-corrected chi connectivity index (χ0v) is 11.5. The third-order valence-electron chi connectivity index (χ3n) is 2.89. The highest BCUT2D eigenvalue weighted by atomic mass is 16.4. The Morgan fingerprint density at radius 1 is 1.15 bits per heavy atom. The minimum atomic E-state index is -0.791. The van der Waals surface area contributed by atoms with Crippen molar-refractivity contribution in [2.24, 2.45) is 0 Å². The molecule has 0 aliphatic rings. The van der Waals surface area contributed by atoms with Gasteiger partial charge in [0, 0.05) is 25.7 Å². The number of phenolic OH excluding ortho intramolecular Hbond substituents is 1. The first kappa shape index (κ1) is 15.8. The molecule has 0 atom stereocenters. The van der Waals surface area contributed by atoms with Crippen LogP contribution in [0.3, 0.4) is 0 Å². The predicted octanol–water partition coefficient (Wildman–Crippen LogP) is 2.18. The largest absolute Gasteiger partial charge is 0.508 e. The predicted molar refractivity (Wildman–Crippen MR) is 76.0 cm³/mol. The van der Waals surface area contributed by atoms with Crippen LogP contribution in [-0.4, -0.2) is 35.8 Å². The lowest BCUT2D eigenvalue weighted by Crippen LogP contribution is -2.37. The van der Waals surface area contributed by atoms with Gasteiger partial charge in [0.2, 0.25) is 0 Å². The Morgan fingerprint density at radius 2 is 1.80 bits per heavy atom. The SMILES string of the molecule is CN(C(=O)NCCCCCC(=O)O)c1ccc(O)cc1. The Balaban J connectivity index is 2.25. The van der Waals surface area contributed by atoms with Gasteiger partial charge in [0.25, 0.3) is 0 Å². The molecule has 0 heterocycles. The Labute approximate surface area is 118 Å². The van der Waals surface area contributed by atoms with Crippen LogP contribution in [0.25, 0.3) is 0 Å². The molecule has 1 rings (SSSR count). The maximum atomic E-state index is 11.8. The van der Waals surface area contributed by atoms with Crippen molar-refractivity contribution in [1.82, 2.24) is 5.32 Å². The Bertz CT molecular complexity index is 445. The summed E-state index contributed by atoms with van der Waals surface area (Å²) in [7, 11) is 1.64. The second kappa shape index (κ2) is 8.04. The molecule has 1 aromatic carbocycles. The molecular weight excluding hydrogens is 260 g/mol. The number of phenols is 1. The van der Waals surface area contributed by atoms with E-state index in [0.29, 0.717) is 18.7 Å². The summed E-state index contributed by atoms with van der Waals surface area (Å²) in [5.74, 6) is -0.637. The first-order chi connectivity index (χ1) is 9.50. The van der Waals surface area contributed by atoms with Crippen molar-refractivity contribution in [2.75, 3.05) is 18.5 Å². The summed E-state index contributed by atoms with van der Waals surface area (Å²) in [5, 5.41) is 20.4. The average Bonchev–Trinajstić information content (AvgIpc) is 2.42. The molecule has 0 bridgehead atoms. The zero-order chi connectivity index (χ0) is 15.0. The number of carboxylic acids is 1. The average molecular weight is 280 g/mol. The summed E-state index contributed by atoms with van der Waals surface area (Å²) in [6.07, 6.45) is 2.32. The van der Waals surface area contributed by atoms with Gasteiger partial charge in [-0.1, -0.05) is 6.42 Å². The third kappa shape index (κ3) is 5.60. The van der Waals surface area contributed by atoms with Crippen molar-refractivity contribution in [2.45, 2.75) is 25.7 Å². The van der Waals surface area contributed by atoms with Crippen LogP contribution in [0.5, 0.6) is 5.75 Å². The van der Waals surface area contributed by atoms with Gasteiger partial charge in [-0.05, 0) is 37.1 Å². The highest BCUT2D eigenvalue weighted by Gasteiger charge is 2.09. The molecule has 0 fully saturated rings. The van der Waals surface area contributed by atoms with Gasteiger partial charge >= 0.3 is 12.0 Å². The van der Waals surface area contributed by atoms with Crippen molar-refractivity contribution in [3.05, 3.63) is 24.3 Å². The standard InChI is InChI=1S/C14H20N2O4/c1-16(11-6-8-12(17)9-7-11)14(20)15-10-4-2-3-5-13(18)19/h6-9,17H,2-5,10H2,1H3,(H,15,20)(H,18,19). The number of nitrogens with one attached hydrogen (secondary N) is 1. The Kier molecular flexibility index (Phi) is 6.36. The van der Waals surface area contributed by atoms with E-state index in [-0.39, 0.29) is 18.2 Å². The van der Waals surface area contributed by atoms with Crippen LogP contribution >= 0.6 is 0 Å². The molecule has 0 aliphatic heterocycles. The van der Waals surface area contributed by atoms with Gasteiger partial charge in [0.05, 0.1) is 0 Å². The number of rotatable bonds is 7. The second-order valence-corrected chi connectivity index (χ2v) is 4.51. The number of hydrogen-bond donors (Lipinski definition) is 3. The number of hydrogen-bond acceptors (Lipinski definition) is 3. The van der Waals surface area contributed by atoms with E-state index >= 15 is 0 Å². The van der Waals surface area contributed by atoms with Gasteiger partial charge < -0.3 is 15.5 Å². The summed E-state index contributed by atoms with van der Waals surface area (Å²) in [5.41, 5.74) is 0.686. The summed E-state index contributed by atoms with van der Waals surface area (Å²) < 4.78 is 0. The fourth-order valence-corrected chi connectivity index (χ4v) is 1.69. The minimum Gasteiger partial charge on any atom is -0.508 e. The molecule has 0 unspecified atom stereocenters. The van der Waals surface area contributed by atoms with Crippen LogP contribution in [0, 0.1) is 0 Å². The first-order valence-electron chi connectivity index (χ1n) is 6.53. The van der Waals surface area contributed by atoms with Gasteiger partial charge in [-0.25, -0.2) is 4.79 Å². The number of carboxylic acid groups (broad SMARTS) is 1. The molecule has 0 saturated carbocycles. The lowest BCUT2D eigenvalue weighted by atomic mass is 10.2. The molecule has 0 saturated heterocycles. The number of aliphatic carboxylic acids is 1. The van der Waals surface area contributed by atoms with E-state index in [1.165, 1.54) is 17.0 Å². The van der Waals surface area contributed by atoms with E-state index in [0.717, 1.165) is 12.8 Å². The fraction of sp³-hybridized carbons (Fsp3) is 0.429. The molecule has 3 N–H and O–H groups in total. The highest BCUT2D eigenvalue weighted by Crippen LogP contribution is 2.17. The first-order valence-corrected chi connectivity index (χ1v) is 6.53. The maximum Gasteiger partial charge on any atom is 0.321 e. The van der Waals surface area contributed by atoms with E-state index < -0.39 is 5.97 Å². The summed E-state index contributed by atoms with van der Waals surface area (Å²) >= 11 is 0. The summed E-state index contributed by atoms with van der Waals surface area (Å²) in [4.78, 5) is 23.6. The number of unbranched alkanes of at least 4 members (excludes halogenated alkanes) is 2. The monoisotopic (exact) mass is 280 g/mol. The van der Waals surface area contributed by atoms with Crippen molar-refractivity contribution < 1.29 is 19.8 Å². The Morgan fingerprint density at radius 3 is 2.40 bits per heavy atom. The van der Waals surface area contributed by atoms with Crippen molar-refractivity contribution in [3.63, 3.8) is 0 Å². The van der Waals surface area contributed by atoms with Gasteiger partial charge in [-0.2, -0.15) is 0 Å². The van der Waals surface area contributed by atoms with Crippen LogP contribution in [0.2, 0.25) is 0 Å². The zero-order valence-electron chi connectivity index (χ0n) is 11.5. The molecule has 20 heavy (non-hydrogen) atoms. The minimum absolute atomic E-state index is 0.154. The molecule has 0 aromatic heterocycles. The number of urea groups is 1. The molecule has 0 radical (unpaired) electrons. The maximum absolute atomic E-state index is 11.8. The second-order valence-electron chi connectivity index (χ2n) is 4.51. The highest BCUT2D eigenvalue weighted by molar-refractivity contribution is 5.91. The Hall–Kier alpha value is -2.24. The molecular formula is C14H20N2O4. The van der Waals surface area contributed by atoms with Crippen LogP contribution in [-0.2, 0) is 4.79 Å². The van der Waals surface area contributed by atoms with Crippen molar-refractivity contribution in [3.8, 4) is 5.75 Å². The molecule has 110 valence electrons. The molecule has 0 aliphatic carbocycles. The number of anilines is 1. The number of amides is 2. The smallest absolute Gasteiger partial charge is 0.321 e.